The van der Waals surface area contributed by atoms with Crippen LogP contribution in [0.4, 0.5) is 0 Å². The van der Waals surface area contributed by atoms with E-state index < -0.39 is 0 Å². The van der Waals surface area contributed by atoms with Gasteiger partial charge in [-0.15, -0.1) is 0 Å². The number of benzene rings is 1. The molecule has 96 valence electrons. The lowest BCUT2D eigenvalue weighted by atomic mass is 9.95. The monoisotopic (exact) mass is 246 g/mol. The number of phenolic OH excluding ortho intramolecular Hbond substituents is 1. The Kier molecular flexibility index (Phi) is 2.74. The average molecular weight is 246 g/mol. The Morgan fingerprint density at radius 2 is 2.17 bits per heavy atom. The molecule has 2 fully saturated rings. The Hall–Kier alpha value is -1.55. The maximum Gasteiger partial charge on any atom is 0.257 e. The van der Waals surface area contributed by atoms with Crippen LogP contribution < -0.4 is 5.32 Å². The Morgan fingerprint density at radius 1 is 1.39 bits per heavy atom. The molecule has 0 spiro atoms. The molecule has 1 aromatic rings. The largest absolute Gasteiger partial charge is 0.507 e. The van der Waals surface area contributed by atoms with Gasteiger partial charge >= 0.3 is 0 Å². The number of carbonyl (C=O) groups is 1. The van der Waals surface area contributed by atoms with Crippen LogP contribution in [0.3, 0.4) is 0 Å². The van der Waals surface area contributed by atoms with Crippen molar-refractivity contribution in [2.24, 2.45) is 11.8 Å². The number of carbonyl (C=O) groups excluding carboxylic acids is 1. The molecule has 1 amide bonds. The summed E-state index contributed by atoms with van der Waals surface area (Å²) >= 11 is 0. The topological polar surface area (TPSA) is 52.6 Å². The normalized spacial score (nSPS) is 30.5. The zero-order valence-corrected chi connectivity index (χ0v) is 10.5. The van der Waals surface area contributed by atoms with Crippen molar-refractivity contribution >= 4 is 5.91 Å². The molecule has 0 radical (unpaired) electrons. The highest BCUT2D eigenvalue weighted by Gasteiger charge is 2.44. The maximum atomic E-state index is 12.5. The van der Waals surface area contributed by atoms with Gasteiger partial charge in [-0.25, -0.2) is 0 Å². The van der Waals surface area contributed by atoms with Crippen LogP contribution in [0.15, 0.2) is 24.3 Å². The molecular weight excluding hydrogens is 228 g/mol. The fraction of sp³-hybridized carbons (Fsp3) is 0.500. The lowest BCUT2D eigenvalue weighted by Gasteiger charge is -2.24. The van der Waals surface area contributed by atoms with Gasteiger partial charge in [0.15, 0.2) is 0 Å². The molecule has 2 N–H and O–H groups in total. The molecular formula is C14H18N2O2. The van der Waals surface area contributed by atoms with Gasteiger partial charge in [-0.3, -0.25) is 4.79 Å². The summed E-state index contributed by atoms with van der Waals surface area (Å²) < 4.78 is 0. The van der Waals surface area contributed by atoms with Gasteiger partial charge < -0.3 is 15.3 Å². The molecule has 0 bridgehead atoms. The van der Waals surface area contributed by atoms with Crippen molar-refractivity contribution in [2.75, 3.05) is 19.6 Å². The summed E-state index contributed by atoms with van der Waals surface area (Å²) in [5.41, 5.74) is 0.414. The SMILES string of the molecule is CC1C2CNCC2CN1C(=O)c1ccccc1O. The zero-order chi connectivity index (χ0) is 12.7. The summed E-state index contributed by atoms with van der Waals surface area (Å²) in [4.78, 5) is 14.4. The van der Waals surface area contributed by atoms with Gasteiger partial charge in [0.25, 0.3) is 5.91 Å². The second-order valence-corrected chi connectivity index (χ2v) is 5.30. The first-order valence-corrected chi connectivity index (χ1v) is 6.48. The third kappa shape index (κ3) is 1.68. The molecule has 3 unspecified atom stereocenters. The molecule has 3 rings (SSSR count). The van der Waals surface area contributed by atoms with Gasteiger partial charge in [0, 0.05) is 25.7 Å². The second kappa shape index (κ2) is 4.28. The summed E-state index contributed by atoms with van der Waals surface area (Å²) in [7, 11) is 0. The molecule has 3 atom stereocenters. The fourth-order valence-corrected chi connectivity index (χ4v) is 3.24. The number of hydrogen-bond donors (Lipinski definition) is 2. The van der Waals surface area contributed by atoms with Crippen LogP contribution in [0.25, 0.3) is 0 Å². The summed E-state index contributed by atoms with van der Waals surface area (Å²) in [5.74, 6) is 1.15. The standard InChI is InChI=1S/C14H18N2O2/c1-9-12-7-15-6-10(12)8-16(9)14(18)11-4-2-3-5-13(11)17/h2-5,9-10,12,15,17H,6-8H2,1H3. The molecule has 2 aliphatic rings. The minimum Gasteiger partial charge on any atom is -0.507 e. The second-order valence-electron chi connectivity index (χ2n) is 5.30. The van der Waals surface area contributed by atoms with E-state index in [1.54, 1.807) is 24.3 Å². The maximum absolute atomic E-state index is 12.5. The number of nitrogens with zero attached hydrogens (tertiary/aromatic N) is 1. The van der Waals surface area contributed by atoms with Crippen molar-refractivity contribution in [2.45, 2.75) is 13.0 Å². The Labute approximate surface area is 107 Å². The number of phenols is 1. The van der Waals surface area contributed by atoms with Gasteiger partial charge in [0.05, 0.1) is 5.56 Å². The van der Waals surface area contributed by atoms with Crippen molar-refractivity contribution in [3.05, 3.63) is 29.8 Å². The van der Waals surface area contributed by atoms with E-state index in [0.717, 1.165) is 19.6 Å². The number of aromatic hydroxyl groups is 1. The van der Waals surface area contributed by atoms with Crippen molar-refractivity contribution in [1.82, 2.24) is 10.2 Å². The van der Waals surface area contributed by atoms with Crippen LogP contribution in [0.5, 0.6) is 5.75 Å². The zero-order valence-electron chi connectivity index (χ0n) is 10.5. The van der Waals surface area contributed by atoms with E-state index in [4.69, 9.17) is 0 Å². The van der Waals surface area contributed by atoms with E-state index in [1.165, 1.54) is 0 Å². The van der Waals surface area contributed by atoms with Gasteiger partial charge in [-0.2, -0.15) is 0 Å². The lowest BCUT2D eigenvalue weighted by Crippen LogP contribution is -2.38. The number of rotatable bonds is 1. The summed E-state index contributed by atoms with van der Waals surface area (Å²) in [6, 6.07) is 7.03. The van der Waals surface area contributed by atoms with E-state index in [0.29, 0.717) is 17.4 Å². The molecule has 18 heavy (non-hydrogen) atoms. The number of para-hydroxylation sites is 1. The quantitative estimate of drug-likeness (QED) is 0.779. The number of fused-ring (bicyclic) bond motifs is 1. The molecule has 4 heteroatoms. The molecule has 0 saturated carbocycles. The number of nitrogens with one attached hydrogen (secondary N) is 1. The summed E-state index contributed by atoms with van der Waals surface area (Å²) in [5, 5.41) is 13.1. The van der Waals surface area contributed by atoms with Crippen molar-refractivity contribution in [1.29, 1.82) is 0 Å². The molecule has 1 aromatic carbocycles. The van der Waals surface area contributed by atoms with Crippen LogP contribution in [0, 0.1) is 11.8 Å². The van der Waals surface area contributed by atoms with Crippen LogP contribution in [0.2, 0.25) is 0 Å². The van der Waals surface area contributed by atoms with E-state index in [9.17, 15) is 9.90 Å². The van der Waals surface area contributed by atoms with Gasteiger partial charge in [0.2, 0.25) is 0 Å². The number of amides is 1. The van der Waals surface area contributed by atoms with E-state index in [2.05, 4.69) is 12.2 Å². The van der Waals surface area contributed by atoms with E-state index in [-0.39, 0.29) is 17.7 Å². The Balaban J connectivity index is 1.84. The Bertz CT molecular complexity index is 475. The molecule has 2 aliphatic heterocycles. The Morgan fingerprint density at radius 3 is 2.89 bits per heavy atom. The van der Waals surface area contributed by atoms with Gasteiger partial charge in [-0.1, -0.05) is 12.1 Å². The van der Waals surface area contributed by atoms with Crippen molar-refractivity contribution < 1.29 is 9.90 Å². The van der Waals surface area contributed by atoms with Gasteiger partial charge in [-0.05, 0) is 30.9 Å². The predicted octanol–water partition coefficient (Wildman–Crippen LogP) is 1.07. The highest BCUT2D eigenvalue weighted by molar-refractivity contribution is 5.97. The third-order valence-electron chi connectivity index (χ3n) is 4.33. The highest BCUT2D eigenvalue weighted by Crippen LogP contribution is 2.34. The highest BCUT2D eigenvalue weighted by atomic mass is 16.3. The molecule has 0 aromatic heterocycles. The molecule has 2 saturated heterocycles. The van der Waals surface area contributed by atoms with Crippen LogP contribution in [-0.2, 0) is 0 Å². The fourth-order valence-electron chi connectivity index (χ4n) is 3.24. The lowest BCUT2D eigenvalue weighted by molar-refractivity contribution is 0.0725. The summed E-state index contributed by atoms with van der Waals surface area (Å²) in [6.45, 7) is 4.90. The minimum absolute atomic E-state index is 0.0463. The number of likely N-dealkylation sites (tertiary alicyclic amines) is 1. The third-order valence-corrected chi connectivity index (χ3v) is 4.33. The molecule has 4 nitrogen and oxygen atoms in total. The van der Waals surface area contributed by atoms with Crippen LogP contribution in [0.1, 0.15) is 17.3 Å². The van der Waals surface area contributed by atoms with Crippen LogP contribution >= 0.6 is 0 Å². The number of hydrogen-bond acceptors (Lipinski definition) is 3. The first-order chi connectivity index (χ1) is 8.68. The van der Waals surface area contributed by atoms with Crippen LogP contribution in [-0.4, -0.2) is 41.6 Å². The van der Waals surface area contributed by atoms with E-state index >= 15 is 0 Å². The molecule has 0 aliphatic carbocycles. The van der Waals surface area contributed by atoms with E-state index in [1.807, 2.05) is 4.90 Å². The van der Waals surface area contributed by atoms with Gasteiger partial charge in [0.1, 0.15) is 5.75 Å². The summed E-state index contributed by atoms with van der Waals surface area (Å²) in [6.07, 6.45) is 0. The van der Waals surface area contributed by atoms with Crippen molar-refractivity contribution in [3.8, 4) is 5.75 Å². The minimum atomic E-state index is -0.0463. The predicted molar refractivity (Wildman–Crippen MR) is 68.5 cm³/mol. The van der Waals surface area contributed by atoms with Crippen molar-refractivity contribution in [3.63, 3.8) is 0 Å². The molecule has 2 heterocycles. The first kappa shape index (κ1) is 11.5. The first-order valence-electron chi connectivity index (χ1n) is 6.48. The smallest absolute Gasteiger partial charge is 0.257 e. The average Bonchev–Trinajstić information content (AvgIpc) is 2.93.